The number of carboxylic acids is 1. The number of para-hydroxylation sites is 1. The maximum Gasteiger partial charge on any atom is 0.327 e. The second-order valence-electron chi connectivity index (χ2n) is 16.5. The van der Waals surface area contributed by atoms with Crippen LogP contribution in [-0.2, 0) is 56.0 Å². The number of rotatable bonds is 28. The van der Waals surface area contributed by atoms with Crippen LogP contribution >= 0.6 is 12.6 Å². The van der Waals surface area contributed by atoms with E-state index in [2.05, 4.69) is 54.8 Å². The Balaban J connectivity index is 2.03. The number of aromatic nitrogens is 1. The van der Waals surface area contributed by atoms with Crippen LogP contribution in [0.2, 0.25) is 0 Å². The highest BCUT2D eigenvalue weighted by molar-refractivity contribution is 7.80. The molecule has 9 atom stereocenters. The maximum absolute atomic E-state index is 14.7. The van der Waals surface area contributed by atoms with Crippen LogP contribution < -0.4 is 48.7 Å². The molecule has 68 heavy (non-hydrogen) atoms. The van der Waals surface area contributed by atoms with E-state index >= 15 is 0 Å². The first-order valence-corrected chi connectivity index (χ1v) is 22.8. The minimum atomic E-state index is -1.62. The highest BCUT2D eigenvalue weighted by Crippen LogP contribution is 2.21. The van der Waals surface area contributed by atoms with E-state index in [0.717, 1.165) is 10.9 Å². The van der Waals surface area contributed by atoms with Crippen molar-refractivity contribution in [3.63, 3.8) is 0 Å². The molecular formula is C45H64N10O12S. The number of aliphatic carboxylic acids is 1. The zero-order valence-electron chi connectivity index (χ0n) is 38.4. The number of nitrogens with two attached hydrogens (primary N) is 2. The van der Waals surface area contributed by atoms with Gasteiger partial charge in [-0.3, -0.25) is 38.4 Å². The van der Waals surface area contributed by atoms with Crippen molar-refractivity contribution in [2.75, 3.05) is 18.9 Å². The summed E-state index contributed by atoms with van der Waals surface area (Å²) < 4.78 is 0. The quantitative estimate of drug-likeness (QED) is 0.0364. The SMILES string of the molecule is CC[C@H](C)[C@H](NC(=O)[C@H](Cc1ccc(O)cc1)NC(=O)[C@H](Cc1c[nH]c2ccccc12)NC(=O)[C@@H](NC(=O)[C@H](CCC(N)=O)NC(=O)CN)[C@@H](C)CC)C(=O)N[C@@H](CO)C(=O)N[C@@H](CS)C(=O)O. The molecule has 8 amide bonds. The predicted molar refractivity (Wildman–Crippen MR) is 252 cm³/mol. The molecule has 1 heterocycles. The van der Waals surface area contributed by atoms with Crippen LogP contribution in [0.4, 0.5) is 0 Å². The van der Waals surface area contributed by atoms with Gasteiger partial charge in [-0.15, -0.1) is 0 Å². The molecule has 22 nitrogen and oxygen atoms in total. The normalized spacial score (nSPS) is 15.1. The van der Waals surface area contributed by atoms with E-state index in [0.29, 0.717) is 24.0 Å². The van der Waals surface area contributed by atoms with E-state index in [1.165, 1.54) is 24.3 Å². The molecule has 0 saturated heterocycles. The summed E-state index contributed by atoms with van der Waals surface area (Å²) in [5.74, 6) is -9.62. The predicted octanol–water partition coefficient (Wildman–Crippen LogP) is -1.62. The van der Waals surface area contributed by atoms with Crippen molar-refractivity contribution < 1.29 is 58.5 Å². The Morgan fingerprint density at radius 3 is 1.69 bits per heavy atom. The number of H-pyrrole nitrogens is 1. The maximum atomic E-state index is 14.7. The number of carbonyl (C=O) groups excluding carboxylic acids is 8. The monoisotopic (exact) mass is 968 g/mol. The Labute approximate surface area is 398 Å². The summed E-state index contributed by atoms with van der Waals surface area (Å²) in [7, 11) is 0. The van der Waals surface area contributed by atoms with Crippen molar-refractivity contribution >= 4 is 76.8 Å². The van der Waals surface area contributed by atoms with Gasteiger partial charge in [0.1, 0.15) is 48.0 Å². The van der Waals surface area contributed by atoms with Crippen LogP contribution in [0, 0.1) is 11.8 Å². The molecule has 0 bridgehead atoms. The van der Waals surface area contributed by atoms with E-state index in [-0.39, 0.29) is 37.2 Å². The Morgan fingerprint density at radius 1 is 0.662 bits per heavy atom. The van der Waals surface area contributed by atoms with Crippen molar-refractivity contribution in [2.24, 2.45) is 23.3 Å². The molecule has 0 fully saturated rings. The first-order valence-electron chi connectivity index (χ1n) is 22.1. The number of aliphatic hydroxyl groups is 1. The van der Waals surface area contributed by atoms with Crippen molar-refractivity contribution in [2.45, 2.75) is 109 Å². The molecular weight excluding hydrogens is 905 g/mol. The number of amides is 8. The summed E-state index contributed by atoms with van der Waals surface area (Å²) in [4.78, 5) is 122. The lowest BCUT2D eigenvalue weighted by Crippen LogP contribution is -2.62. The highest BCUT2D eigenvalue weighted by atomic mass is 32.1. The molecule has 23 heteroatoms. The topological polar surface area (TPSA) is 366 Å². The third-order valence-corrected chi connectivity index (χ3v) is 11.8. The molecule has 1 aromatic heterocycles. The van der Waals surface area contributed by atoms with Gasteiger partial charge in [-0.25, -0.2) is 4.79 Å². The zero-order valence-corrected chi connectivity index (χ0v) is 39.3. The van der Waals surface area contributed by atoms with Gasteiger partial charge in [-0.2, -0.15) is 12.6 Å². The molecule has 0 saturated carbocycles. The molecule has 3 rings (SSSR count). The second kappa shape index (κ2) is 27.2. The van der Waals surface area contributed by atoms with Gasteiger partial charge in [0, 0.05) is 42.1 Å². The van der Waals surface area contributed by atoms with Crippen LogP contribution in [0.5, 0.6) is 5.75 Å². The van der Waals surface area contributed by atoms with Crippen molar-refractivity contribution in [3.05, 3.63) is 65.9 Å². The fraction of sp³-hybridized carbons (Fsp3) is 0.489. The number of primary amides is 1. The number of carbonyl (C=O) groups is 9. The number of hydrogen-bond donors (Lipinski definition) is 14. The number of benzene rings is 2. The largest absolute Gasteiger partial charge is 0.508 e. The Morgan fingerprint density at radius 2 is 1.16 bits per heavy atom. The standard InChI is InChI=1S/C45H64N10O12S/c1-5-23(3)37(54-39(60)30(15-16-35(47)58)49-36(59)19-46)43(64)51-32(18-26-20-48-29-10-8-7-9-28(26)29)40(61)50-31(17-25-11-13-27(57)14-12-25)41(62)55-38(24(4)6-2)44(65)52-33(21-56)42(63)53-34(22-68)45(66)67/h7-14,20,23-24,30-34,37-38,48,56-57,68H,5-6,15-19,21-22,46H2,1-4H3,(H2,47,58)(H,49,59)(H,50,61)(H,51,64)(H,52,65)(H,53,63)(H,54,60)(H,55,62)(H,66,67)/t23-,24-,30-,31-,32-,33-,34-,37-,38-/m0/s1. The fourth-order valence-electron chi connectivity index (χ4n) is 6.97. The van der Waals surface area contributed by atoms with Crippen LogP contribution in [0.1, 0.15) is 64.5 Å². The average molecular weight is 969 g/mol. The number of phenols is 1. The van der Waals surface area contributed by atoms with E-state index in [4.69, 9.17) is 11.5 Å². The molecule has 0 unspecified atom stereocenters. The lowest BCUT2D eigenvalue weighted by Gasteiger charge is -2.30. The molecule has 15 N–H and O–H groups in total. The van der Waals surface area contributed by atoms with E-state index in [1.807, 2.05) is 6.07 Å². The van der Waals surface area contributed by atoms with E-state index < -0.39 is 121 Å². The van der Waals surface area contributed by atoms with Gasteiger partial charge in [-0.1, -0.05) is 70.9 Å². The number of carboxylic acid groups (broad SMARTS) is 1. The van der Waals surface area contributed by atoms with Gasteiger partial charge in [0.15, 0.2) is 0 Å². The first-order chi connectivity index (χ1) is 32.3. The number of nitrogens with one attached hydrogen (secondary N) is 8. The summed E-state index contributed by atoms with van der Waals surface area (Å²) in [6.07, 6.45) is 1.53. The lowest BCUT2D eigenvalue weighted by atomic mass is 9.95. The number of aliphatic hydroxyl groups excluding tert-OH is 1. The minimum absolute atomic E-state index is 0.0794. The van der Waals surface area contributed by atoms with Crippen LogP contribution in [0.25, 0.3) is 10.9 Å². The Bertz CT molecular complexity index is 2240. The zero-order chi connectivity index (χ0) is 50.7. The molecule has 0 aliphatic carbocycles. The summed E-state index contributed by atoms with van der Waals surface area (Å²) >= 11 is 3.92. The molecule has 0 spiro atoms. The molecule has 372 valence electrons. The summed E-state index contributed by atoms with van der Waals surface area (Å²) in [5.41, 5.74) is 12.5. The van der Waals surface area contributed by atoms with Gasteiger partial charge in [0.2, 0.25) is 47.3 Å². The van der Waals surface area contributed by atoms with E-state index in [9.17, 15) is 58.5 Å². The molecule has 3 aromatic rings. The molecule has 0 radical (unpaired) electrons. The summed E-state index contributed by atoms with van der Waals surface area (Å²) in [5, 5.41) is 47.9. The number of fused-ring (bicyclic) bond motifs is 1. The number of thiol groups is 1. The second-order valence-corrected chi connectivity index (χ2v) is 16.8. The van der Waals surface area contributed by atoms with Gasteiger partial charge < -0.3 is 69.0 Å². The average Bonchev–Trinajstić information content (AvgIpc) is 3.73. The smallest absolute Gasteiger partial charge is 0.327 e. The number of aromatic hydroxyl groups is 1. The summed E-state index contributed by atoms with van der Waals surface area (Å²) in [6.45, 7) is 5.43. The number of hydrogen-bond acceptors (Lipinski definition) is 13. The van der Waals surface area contributed by atoms with Crippen LogP contribution in [-0.4, -0.2) is 135 Å². The van der Waals surface area contributed by atoms with Crippen molar-refractivity contribution in [1.29, 1.82) is 0 Å². The first kappa shape index (κ1) is 55.6. The van der Waals surface area contributed by atoms with Crippen LogP contribution in [0.3, 0.4) is 0 Å². The molecule has 2 aromatic carbocycles. The van der Waals surface area contributed by atoms with Gasteiger partial charge in [0.05, 0.1) is 13.2 Å². The summed E-state index contributed by atoms with van der Waals surface area (Å²) in [6, 6.07) is 3.08. The fourth-order valence-corrected chi connectivity index (χ4v) is 7.22. The minimum Gasteiger partial charge on any atom is -0.508 e. The molecule has 0 aliphatic heterocycles. The molecule has 0 aliphatic rings. The third-order valence-electron chi connectivity index (χ3n) is 11.5. The van der Waals surface area contributed by atoms with Crippen molar-refractivity contribution in [1.82, 2.24) is 42.2 Å². The van der Waals surface area contributed by atoms with Gasteiger partial charge >= 0.3 is 5.97 Å². The third kappa shape index (κ3) is 16.6. The Hall–Kier alpha value is -6.72. The number of phenolic OH excluding ortho intramolecular Hbond substituents is 1. The Kier molecular flexibility index (Phi) is 22.2. The highest BCUT2D eigenvalue weighted by Gasteiger charge is 2.36. The van der Waals surface area contributed by atoms with Crippen molar-refractivity contribution in [3.8, 4) is 5.75 Å². The number of aromatic amines is 1. The lowest BCUT2D eigenvalue weighted by molar-refractivity contribution is -0.142. The van der Waals surface area contributed by atoms with Gasteiger partial charge in [-0.05, 0) is 47.6 Å². The van der Waals surface area contributed by atoms with Crippen LogP contribution in [0.15, 0.2) is 54.7 Å². The van der Waals surface area contributed by atoms with E-state index in [1.54, 1.807) is 52.1 Å². The van der Waals surface area contributed by atoms with Gasteiger partial charge in [0.25, 0.3) is 0 Å².